The van der Waals surface area contributed by atoms with Crippen LogP contribution in [0.4, 0.5) is 0 Å². The molecule has 3 aliphatic heterocycles. The molecule has 23 heavy (non-hydrogen) atoms. The second-order valence-electron chi connectivity index (χ2n) is 6.58. The van der Waals surface area contributed by atoms with Crippen molar-refractivity contribution in [3.8, 4) is 0 Å². The van der Waals surface area contributed by atoms with Gasteiger partial charge in [0.05, 0.1) is 24.5 Å². The number of rotatable bonds is 1. The molecule has 0 bridgehead atoms. The van der Waals surface area contributed by atoms with E-state index in [9.17, 15) is 0 Å². The zero-order valence-corrected chi connectivity index (χ0v) is 14.4. The maximum Gasteiger partial charge on any atom is 0.157 e. The highest BCUT2D eigenvalue weighted by Gasteiger charge is 2.38. The average Bonchev–Trinajstić information content (AvgIpc) is 3.05. The molecule has 0 aromatic rings. The Labute approximate surface area is 141 Å². The van der Waals surface area contributed by atoms with Gasteiger partial charge in [-0.3, -0.25) is 4.99 Å². The average molecular weight is 332 g/mol. The fourth-order valence-electron chi connectivity index (χ4n) is 3.59. The minimum absolute atomic E-state index is 0.363. The Morgan fingerprint density at radius 1 is 1.30 bits per heavy atom. The van der Waals surface area contributed by atoms with Crippen molar-refractivity contribution < 1.29 is 4.74 Å². The number of hydrogen-bond acceptors (Lipinski definition) is 6. The van der Waals surface area contributed by atoms with Gasteiger partial charge >= 0.3 is 0 Å². The molecule has 2 N–H and O–H groups in total. The Bertz CT molecular complexity index is 616. The summed E-state index contributed by atoms with van der Waals surface area (Å²) >= 11 is 2.00. The van der Waals surface area contributed by atoms with Gasteiger partial charge in [-0.2, -0.15) is 0 Å². The number of hydrogen-bond donors (Lipinski definition) is 1. The third kappa shape index (κ3) is 2.94. The van der Waals surface area contributed by atoms with E-state index >= 15 is 0 Å². The van der Waals surface area contributed by atoms with E-state index in [0.717, 1.165) is 62.7 Å². The molecule has 5 nitrogen and oxygen atoms in total. The smallest absolute Gasteiger partial charge is 0.157 e. The van der Waals surface area contributed by atoms with E-state index in [-0.39, 0.29) is 0 Å². The number of nitrogens with two attached hydrogens (primary N) is 1. The summed E-state index contributed by atoms with van der Waals surface area (Å²) in [5.74, 6) is 3.28. The predicted molar refractivity (Wildman–Crippen MR) is 96.1 cm³/mol. The topological polar surface area (TPSA) is 63.2 Å². The Hall–Kier alpha value is -1.27. The maximum atomic E-state index is 6.07. The van der Waals surface area contributed by atoms with Crippen LogP contribution < -0.4 is 5.73 Å². The van der Waals surface area contributed by atoms with Crippen LogP contribution in [0, 0.1) is 0 Å². The normalized spacial score (nSPS) is 31.5. The van der Waals surface area contributed by atoms with Crippen LogP contribution in [-0.2, 0) is 4.74 Å². The number of thioether (sulfide) groups is 1. The second kappa shape index (κ2) is 6.32. The van der Waals surface area contributed by atoms with Gasteiger partial charge in [-0.1, -0.05) is 5.57 Å². The molecule has 0 spiro atoms. The van der Waals surface area contributed by atoms with Crippen molar-refractivity contribution >= 4 is 23.4 Å². The van der Waals surface area contributed by atoms with Crippen LogP contribution in [0.5, 0.6) is 0 Å². The van der Waals surface area contributed by atoms with E-state index in [1.807, 2.05) is 11.8 Å². The molecular formula is C17H24N4OS. The lowest BCUT2D eigenvalue weighted by Crippen LogP contribution is -2.48. The van der Waals surface area contributed by atoms with Crippen LogP contribution in [0.15, 0.2) is 32.9 Å². The molecule has 0 saturated carbocycles. The number of aliphatic imine (C=N–C) groups is 2. The summed E-state index contributed by atoms with van der Waals surface area (Å²) in [6.07, 6.45) is 5.20. The van der Waals surface area contributed by atoms with Gasteiger partial charge in [0.1, 0.15) is 5.84 Å². The number of ether oxygens (including phenoxy) is 1. The van der Waals surface area contributed by atoms with E-state index in [1.165, 1.54) is 17.2 Å². The molecule has 2 saturated heterocycles. The van der Waals surface area contributed by atoms with Crippen LogP contribution in [0.1, 0.15) is 26.2 Å². The Morgan fingerprint density at radius 3 is 2.96 bits per heavy atom. The van der Waals surface area contributed by atoms with Crippen LogP contribution in [-0.4, -0.2) is 59.9 Å². The summed E-state index contributed by atoms with van der Waals surface area (Å²) in [5, 5.41) is 0.419. The Balaban J connectivity index is 1.70. The van der Waals surface area contributed by atoms with Crippen molar-refractivity contribution in [1.29, 1.82) is 0 Å². The summed E-state index contributed by atoms with van der Waals surface area (Å²) < 4.78 is 5.51. The quantitative estimate of drug-likeness (QED) is 0.797. The van der Waals surface area contributed by atoms with Crippen molar-refractivity contribution in [1.82, 2.24) is 4.90 Å². The molecule has 2 atom stereocenters. The van der Waals surface area contributed by atoms with Crippen molar-refractivity contribution in [2.45, 2.75) is 37.5 Å². The first kappa shape index (κ1) is 15.3. The van der Waals surface area contributed by atoms with E-state index in [1.54, 1.807) is 0 Å². The minimum atomic E-state index is 0.363. The fourth-order valence-corrected chi connectivity index (χ4v) is 4.99. The molecule has 6 heteroatoms. The second-order valence-corrected chi connectivity index (χ2v) is 7.83. The molecule has 0 aromatic carbocycles. The lowest BCUT2D eigenvalue weighted by molar-refractivity contribution is 0.0672. The van der Waals surface area contributed by atoms with Gasteiger partial charge < -0.3 is 15.4 Å². The van der Waals surface area contributed by atoms with Gasteiger partial charge in [-0.15, -0.1) is 11.8 Å². The van der Waals surface area contributed by atoms with Gasteiger partial charge in [0.25, 0.3) is 0 Å². The summed E-state index contributed by atoms with van der Waals surface area (Å²) in [6, 6.07) is 0.363. The first-order valence-corrected chi connectivity index (χ1v) is 9.54. The highest BCUT2D eigenvalue weighted by molar-refractivity contribution is 8.00. The highest BCUT2D eigenvalue weighted by atomic mass is 32.2. The SMILES string of the molecule is CC1=C(C2=N[C@H]3CCSC3C(N3CCOCC3)=N2)C=C(N)CC1. The fraction of sp³-hybridized carbons (Fsp3) is 0.647. The number of allylic oxidation sites excluding steroid dienone is 2. The third-order valence-electron chi connectivity index (χ3n) is 4.98. The standard InChI is InChI=1S/C17H24N4OS/c1-11-2-3-12(18)10-13(11)16-19-14-4-9-23-15(14)17(20-16)21-5-7-22-8-6-21/h10,14-15H,2-9,18H2,1H3/t14-,15?/m0/s1. The van der Waals surface area contributed by atoms with E-state index in [2.05, 4.69) is 17.9 Å². The summed E-state index contributed by atoms with van der Waals surface area (Å²) in [5.41, 5.74) is 9.52. The number of amidine groups is 2. The minimum Gasteiger partial charge on any atom is -0.402 e. The molecule has 4 aliphatic rings. The van der Waals surface area contributed by atoms with Crippen molar-refractivity contribution in [3.63, 3.8) is 0 Å². The van der Waals surface area contributed by atoms with E-state index in [4.69, 9.17) is 20.5 Å². The predicted octanol–water partition coefficient (Wildman–Crippen LogP) is 1.96. The van der Waals surface area contributed by atoms with Gasteiger partial charge in [-0.25, -0.2) is 4.99 Å². The molecule has 1 unspecified atom stereocenters. The molecule has 4 rings (SSSR count). The van der Waals surface area contributed by atoms with Gasteiger partial charge in [0, 0.05) is 24.4 Å². The first-order chi connectivity index (χ1) is 11.2. The zero-order chi connectivity index (χ0) is 15.8. The zero-order valence-electron chi connectivity index (χ0n) is 13.6. The molecule has 0 radical (unpaired) electrons. The van der Waals surface area contributed by atoms with Crippen molar-refractivity contribution in [2.75, 3.05) is 32.1 Å². The van der Waals surface area contributed by atoms with Crippen LogP contribution in [0.3, 0.4) is 0 Å². The lowest BCUT2D eigenvalue weighted by Gasteiger charge is -2.35. The van der Waals surface area contributed by atoms with Gasteiger partial charge in [-0.05, 0) is 38.0 Å². The van der Waals surface area contributed by atoms with Crippen LogP contribution in [0.25, 0.3) is 0 Å². The van der Waals surface area contributed by atoms with E-state index < -0.39 is 0 Å². The molecule has 1 aliphatic carbocycles. The summed E-state index contributed by atoms with van der Waals surface area (Å²) in [6.45, 7) is 5.64. The number of nitrogens with zero attached hydrogens (tertiary/aromatic N) is 3. The maximum absolute atomic E-state index is 6.07. The number of morpholine rings is 1. The summed E-state index contributed by atoms with van der Waals surface area (Å²) in [7, 11) is 0. The highest BCUT2D eigenvalue weighted by Crippen LogP contribution is 2.35. The molecular weight excluding hydrogens is 308 g/mol. The van der Waals surface area contributed by atoms with Gasteiger partial charge in [0.15, 0.2) is 5.84 Å². The van der Waals surface area contributed by atoms with Crippen LogP contribution in [0.2, 0.25) is 0 Å². The molecule has 0 amide bonds. The van der Waals surface area contributed by atoms with Crippen molar-refractivity contribution in [3.05, 3.63) is 22.9 Å². The molecule has 0 aromatic heterocycles. The van der Waals surface area contributed by atoms with Crippen LogP contribution >= 0.6 is 11.8 Å². The molecule has 2 fully saturated rings. The third-order valence-corrected chi connectivity index (χ3v) is 6.33. The largest absolute Gasteiger partial charge is 0.402 e. The van der Waals surface area contributed by atoms with Gasteiger partial charge in [0.2, 0.25) is 0 Å². The Morgan fingerprint density at radius 2 is 2.13 bits per heavy atom. The Kier molecular flexibility index (Phi) is 4.20. The number of fused-ring (bicyclic) bond motifs is 1. The van der Waals surface area contributed by atoms with E-state index in [0.29, 0.717) is 11.3 Å². The molecule has 3 heterocycles. The van der Waals surface area contributed by atoms with Crippen molar-refractivity contribution in [2.24, 2.45) is 15.7 Å². The monoisotopic (exact) mass is 332 g/mol. The lowest BCUT2D eigenvalue weighted by atomic mass is 9.95. The first-order valence-electron chi connectivity index (χ1n) is 8.49. The summed E-state index contributed by atoms with van der Waals surface area (Å²) in [4.78, 5) is 12.4. The molecule has 124 valence electrons.